The number of rotatable bonds is 6. The second kappa shape index (κ2) is 9.77. The van der Waals surface area contributed by atoms with Gasteiger partial charge in [-0.3, -0.25) is 14.4 Å². The zero-order chi connectivity index (χ0) is 21.8. The maximum Gasteiger partial charge on any atom is 0.257 e. The van der Waals surface area contributed by atoms with E-state index in [9.17, 15) is 14.4 Å². The highest BCUT2D eigenvalue weighted by Crippen LogP contribution is 2.31. The van der Waals surface area contributed by atoms with Crippen molar-refractivity contribution in [2.24, 2.45) is 5.92 Å². The molecule has 0 bridgehead atoms. The van der Waals surface area contributed by atoms with Crippen molar-refractivity contribution >= 4 is 39.3 Å². The molecule has 0 radical (unpaired) electrons. The van der Waals surface area contributed by atoms with Gasteiger partial charge in [0, 0.05) is 16.9 Å². The van der Waals surface area contributed by atoms with Crippen LogP contribution in [0.1, 0.15) is 44.1 Å². The van der Waals surface area contributed by atoms with Crippen LogP contribution in [-0.2, 0) is 20.8 Å². The Bertz CT molecular complexity index is 939. The van der Waals surface area contributed by atoms with Gasteiger partial charge < -0.3 is 4.90 Å². The first-order valence-electron chi connectivity index (χ1n) is 11.0. The maximum atomic E-state index is 13.5. The van der Waals surface area contributed by atoms with Crippen LogP contribution in [0.4, 0.5) is 5.69 Å². The molecule has 2 fully saturated rings. The Morgan fingerprint density at radius 3 is 2.32 bits per heavy atom. The first-order chi connectivity index (χ1) is 15.0. The molecule has 2 aromatic rings. The van der Waals surface area contributed by atoms with Gasteiger partial charge in [-0.05, 0) is 49.1 Å². The van der Waals surface area contributed by atoms with Crippen molar-refractivity contribution in [3.8, 4) is 0 Å². The molecule has 1 saturated heterocycles. The van der Waals surface area contributed by atoms with Crippen LogP contribution in [0.5, 0.6) is 0 Å². The number of carbonyl (C=O) groups excluding carboxylic acids is 3. The number of anilines is 1. The molecule has 1 heterocycles. The fraction of sp³-hybridized carbons (Fsp3) is 0.400. The van der Waals surface area contributed by atoms with Crippen LogP contribution < -0.4 is 4.90 Å². The number of halogens is 1. The second-order valence-electron chi connectivity index (χ2n) is 8.37. The highest BCUT2D eigenvalue weighted by Gasteiger charge is 2.45. The smallest absolute Gasteiger partial charge is 0.257 e. The molecule has 1 atom stereocenters. The van der Waals surface area contributed by atoms with Gasteiger partial charge in [0.05, 0.1) is 12.1 Å². The van der Waals surface area contributed by atoms with Crippen LogP contribution in [0.3, 0.4) is 0 Å². The summed E-state index contributed by atoms with van der Waals surface area (Å²) < 4.78 is 0.879. The Balaban J connectivity index is 1.57. The number of amides is 3. The first-order valence-corrected chi connectivity index (χ1v) is 11.8. The topological polar surface area (TPSA) is 57.7 Å². The summed E-state index contributed by atoms with van der Waals surface area (Å²) in [6.07, 6.45) is 5.69. The fourth-order valence-electron chi connectivity index (χ4n) is 4.62. The number of imide groups is 1. The lowest BCUT2D eigenvalue weighted by Crippen LogP contribution is -2.48. The molecule has 6 heteroatoms. The molecule has 31 heavy (non-hydrogen) atoms. The molecule has 4 rings (SSSR count). The molecule has 2 aliphatic rings. The van der Waals surface area contributed by atoms with Gasteiger partial charge in [0.1, 0.15) is 6.04 Å². The largest absolute Gasteiger partial charge is 0.330 e. The van der Waals surface area contributed by atoms with E-state index >= 15 is 0 Å². The summed E-state index contributed by atoms with van der Waals surface area (Å²) in [6, 6.07) is 16.4. The summed E-state index contributed by atoms with van der Waals surface area (Å²) in [6.45, 7) is 0.442. The van der Waals surface area contributed by atoms with E-state index in [-0.39, 0.29) is 30.1 Å². The number of carbonyl (C=O) groups is 3. The molecule has 1 aliphatic heterocycles. The van der Waals surface area contributed by atoms with Gasteiger partial charge in [-0.1, -0.05) is 65.5 Å². The molecule has 0 N–H and O–H groups in total. The summed E-state index contributed by atoms with van der Waals surface area (Å²) in [4.78, 5) is 42.6. The van der Waals surface area contributed by atoms with E-state index in [0.717, 1.165) is 42.1 Å². The minimum absolute atomic E-state index is 0.0273. The Labute approximate surface area is 191 Å². The first kappa shape index (κ1) is 21.8. The summed E-state index contributed by atoms with van der Waals surface area (Å²) in [5, 5.41) is 0. The highest BCUT2D eigenvalue weighted by molar-refractivity contribution is 9.10. The van der Waals surface area contributed by atoms with Crippen LogP contribution in [-0.4, -0.2) is 35.2 Å². The zero-order valence-electron chi connectivity index (χ0n) is 17.5. The van der Waals surface area contributed by atoms with E-state index in [0.29, 0.717) is 18.7 Å². The fourth-order valence-corrected chi connectivity index (χ4v) is 4.88. The summed E-state index contributed by atoms with van der Waals surface area (Å²) in [5.74, 6) is -0.573. The molecule has 1 unspecified atom stereocenters. The summed E-state index contributed by atoms with van der Waals surface area (Å²) >= 11 is 3.38. The molecule has 1 aliphatic carbocycles. The molecule has 3 amide bonds. The Hall–Kier alpha value is -2.47. The predicted octanol–water partition coefficient (Wildman–Crippen LogP) is 4.73. The summed E-state index contributed by atoms with van der Waals surface area (Å²) in [5.41, 5.74) is 1.67. The molecule has 162 valence electrons. The highest BCUT2D eigenvalue weighted by atomic mass is 79.9. The minimum atomic E-state index is -0.728. The van der Waals surface area contributed by atoms with E-state index < -0.39 is 6.04 Å². The average Bonchev–Trinajstić information content (AvgIpc) is 3.09. The van der Waals surface area contributed by atoms with Crippen molar-refractivity contribution in [2.45, 2.75) is 51.0 Å². The van der Waals surface area contributed by atoms with E-state index in [1.807, 2.05) is 42.5 Å². The zero-order valence-corrected chi connectivity index (χ0v) is 19.1. The van der Waals surface area contributed by atoms with Crippen molar-refractivity contribution in [3.63, 3.8) is 0 Å². The van der Waals surface area contributed by atoms with Crippen molar-refractivity contribution in [1.82, 2.24) is 4.90 Å². The van der Waals surface area contributed by atoms with Gasteiger partial charge in [0.15, 0.2) is 0 Å². The van der Waals surface area contributed by atoms with Crippen molar-refractivity contribution in [2.75, 3.05) is 11.4 Å². The molecular weight excluding hydrogens is 456 g/mol. The van der Waals surface area contributed by atoms with Crippen LogP contribution in [0.25, 0.3) is 0 Å². The minimum Gasteiger partial charge on any atom is -0.330 e. The third kappa shape index (κ3) is 4.90. The monoisotopic (exact) mass is 482 g/mol. The predicted molar refractivity (Wildman–Crippen MR) is 123 cm³/mol. The Kier molecular flexibility index (Phi) is 6.86. The number of benzene rings is 2. The van der Waals surface area contributed by atoms with Crippen LogP contribution >= 0.6 is 15.9 Å². The van der Waals surface area contributed by atoms with Crippen LogP contribution in [0, 0.1) is 5.92 Å². The summed E-state index contributed by atoms with van der Waals surface area (Å²) in [7, 11) is 0. The van der Waals surface area contributed by atoms with E-state index in [2.05, 4.69) is 15.9 Å². The molecular formula is C25H27BrN2O3. The third-order valence-corrected chi connectivity index (χ3v) is 6.83. The van der Waals surface area contributed by atoms with E-state index in [1.54, 1.807) is 17.0 Å². The lowest BCUT2D eigenvalue weighted by Gasteiger charge is -2.32. The third-order valence-electron chi connectivity index (χ3n) is 6.31. The second-order valence-corrected chi connectivity index (χ2v) is 9.28. The van der Waals surface area contributed by atoms with E-state index in [4.69, 9.17) is 0 Å². The Morgan fingerprint density at radius 2 is 1.65 bits per heavy atom. The normalized spacial score (nSPS) is 19.6. The average molecular weight is 483 g/mol. The van der Waals surface area contributed by atoms with Gasteiger partial charge in [0.2, 0.25) is 11.8 Å². The van der Waals surface area contributed by atoms with Crippen LogP contribution in [0.2, 0.25) is 0 Å². The number of hydrogen-bond acceptors (Lipinski definition) is 3. The maximum absolute atomic E-state index is 13.5. The van der Waals surface area contributed by atoms with Crippen LogP contribution in [0.15, 0.2) is 59.1 Å². The molecule has 0 aromatic heterocycles. The van der Waals surface area contributed by atoms with Gasteiger partial charge in [-0.25, -0.2) is 4.90 Å². The van der Waals surface area contributed by atoms with Crippen molar-refractivity contribution in [3.05, 3.63) is 64.6 Å². The lowest BCUT2D eigenvalue weighted by atomic mass is 9.87. The molecule has 1 saturated carbocycles. The van der Waals surface area contributed by atoms with Gasteiger partial charge >= 0.3 is 0 Å². The molecule has 5 nitrogen and oxygen atoms in total. The van der Waals surface area contributed by atoms with Gasteiger partial charge in [-0.2, -0.15) is 0 Å². The standard InChI is InChI=1S/C25H27BrN2O3/c26-20-11-13-21(14-12-20)28-23(29)17-22(25(28)31)27(16-15-18-7-3-1-4-8-18)24(30)19-9-5-2-6-10-19/h1,3-4,7-8,11-14,19,22H,2,5-6,9-10,15-17H2. The van der Waals surface area contributed by atoms with Gasteiger partial charge in [-0.15, -0.1) is 0 Å². The van der Waals surface area contributed by atoms with Crippen molar-refractivity contribution < 1.29 is 14.4 Å². The van der Waals surface area contributed by atoms with Crippen molar-refractivity contribution in [1.29, 1.82) is 0 Å². The number of hydrogen-bond donors (Lipinski definition) is 0. The van der Waals surface area contributed by atoms with Gasteiger partial charge in [0.25, 0.3) is 5.91 Å². The Morgan fingerprint density at radius 1 is 0.968 bits per heavy atom. The lowest BCUT2D eigenvalue weighted by molar-refractivity contribution is -0.142. The SMILES string of the molecule is O=C1CC(N(CCc2ccccc2)C(=O)C2CCCCC2)C(=O)N1c1ccc(Br)cc1. The number of nitrogens with zero attached hydrogens (tertiary/aromatic N) is 2. The molecule has 0 spiro atoms. The van der Waals surface area contributed by atoms with E-state index in [1.165, 1.54) is 4.90 Å². The molecule has 2 aromatic carbocycles. The quantitative estimate of drug-likeness (QED) is 0.559.